The van der Waals surface area contributed by atoms with Crippen molar-refractivity contribution in [2.24, 2.45) is 0 Å². The number of hydrogen-bond acceptors (Lipinski definition) is 6. The Bertz CT molecular complexity index is 581. The number of pyridine rings is 1. The lowest BCUT2D eigenvalue weighted by molar-refractivity contribution is -0.109. The molecule has 3 heterocycles. The quantitative estimate of drug-likeness (QED) is 0.857. The summed E-state index contributed by atoms with van der Waals surface area (Å²) in [6, 6.07) is 4.02. The van der Waals surface area contributed by atoms with Crippen LogP contribution in [0.5, 0.6) is 0 Å². The van der Waals surface area contributed by atoms with Gasteiger partial charge in [-0.25, -0.2) is 0 Å². The number of aromatic nitrogens is 1. The summed E-state index contributed by atoms with van der Waals surface area (Å²) in [6.07, 6.45) is 3.51. The Hall–Kier alpha value is -1.21. The minimum atomic E-state index is -0.256. The summed E-state index contributed by atoms with van der Waals surface area (Å²) in [4.78, 5) is 4.35. The molecule has 0 unspecified atom stereocenters. The predicted octanol–water partition coefficient (Wildman–Crippen LogP) is 2.27. The summed E-state index contributed by atoms with van der Waals surface area (Å²) >= 11 is 1.69. The molecule has 114 valence electrons. The molecule has 21 heavy (non-hydrogen) atoms. The highest BCUT2D eigenvalue weighted by Gasteiger charge is 2.33. The predicted molar refractivity (Wildman–Crippen MR) is 83.9 cm³/mol. The van der Waals surface area contributed by atoms with E-state index in [1.165, 1.54) is 4.70 Å². The van der Waals surface area contributed by atoms with Gasteiger partial charge < -0.3 is 19.9 Å². The molecule has 6 heteroatoms. The van der Waals surface area contributed by atoms with Crippen molar-refractivity contribution in [3.63, 3.8) is 0 Å². The smallest absolute Gasteiger partial charge is 0.0898 e. The normalized spacial score (nSPS) is 18.0. The number of fused-ring (bicyclic) bond motifs is 1. The topological polar surface area (TPSA) is 63.6 Å². The monoisotopic (exact) mass is 308 g/mol. The first-order valence-electron chi connectivity index (χ1n) is 7.22. The minimum Gasteiger partial charge on any atom is -0.394 e. The maximum Gasteiger partial charge on any atom is 0.0898 e. The Kier molecular flexibility index (Phi) is 4.70. The van der Waals surface area contributed by atoms with Crippen LogP contribution in [0.2, 0.25) is 0 Å². The molecule has 2 aromatic heterocycles. The van der Waals surface area contributed by atoms with Crippen molar-refractivity contribution in [3.05, 3.63) is 23.7 Å². The third-order valence-corrected chi connectivity index (χ3v) is 4.79. The van der Waals surface area contributed by atoms with E-state index in [1.807, 2.05) is 18.3 Å². The highest BCUT2D eigenvalue weighted by atomic mass is 32.1. The fourth-order valence-corrected chi connectivity index (χ4v) is 3.49. The molecule has 1 aliphatic heterocycles. The molecule has 1 aliphatic rings. The molecule has 0 bridgehead atoms. The van der Waals surface area contributed by atoms with Gasteiger partial charge in [-0.05, 0) is 17.5 Å². The molecule has 1 saturated heterocycles. The van der Waals surface area contributed by atoms with Crippen molar-refractivity contribution >= 4 is 27.2 Å². The van der Waals surface area contributed by atoms with Crippen molar-refractivity contribution in [1.29, 1.82) is 0 Å². The SMILES string of the molecule is OCCOC1(CNc2ccnc3ccsc23)CCOCC1. The number of aliphatic hydroxyl groups excluding tert-OH is 1. The first-order valence-corrected chi connectivity index (χ1v) is 8.10. The van der Waals surface area contributed by atoms with Crippen molar-refractivity contribution in [2.75, 3.05) is 38.3 Å². The fraction of sp³-hybridized carbons (Fsp3) is 0.533. The van der Waals surface area contributed by atoms with E-state index in [9.17, 15) is 0 Å². The molecule has 0 aliphatic carbocycles. The zero-order valence-electron chi connectivity index (χ0n) is 11.9. The molecule has 5 nitrogen and oxygen atoms in total. The van der Waals surface area contributed by atoms with Gasteiger partial charge in [0.05, 0.1) is 34.7 Å². The number of hydrogen-bond donors (Lipinski definition) is 2. The summed E-state index contributed by atoms with van der Waals surface area (Å²) in [7, 11) is 0. The maximum absolute atomic E-state index is 9.03. The Morgan fingerprint density at radius 2 is 2.24 bits per heavy atom. The zero-order valence-corrected chi connectivity index (χ0v) is 12.7. The fourth-order valence-electron chi connectivity index (χ4n) is 2.65. The number of nitrogens with one attached hydrogen (secondary N) is 1. The van der Waals surface area contributed by atoms with E-state index < -0.39 is 0 Å². The van der Waals surface area contributed by atoms with Crippen LogP contribution in [0.25, 0.3) is 10.2 Å². The highest BCUT2D eigenvalue weighted by Crippen LogP contribution is 2.30. The van der Waals surface area contributed by atoms with Gasteiger partial charge in [0.25, 0.3) is 0 Å². The second-order valence-electron chi connectivity index (χ2n) is 5.21. The molecule has 3 rings (SSSR count). The Balaban J connectivity index is 1.72. The van der Waals surface area contributed by atoms with E-state index >= 15 is 0 Å². The number of thiophene rings is 1. The van der Waals surface area contributed by atoms with Gasteiger partial charge in [-0.2, -0.15) is 0 Å². The Labute approximate surface area is 127 Å². The average molecular weight is 308 g/mol. The van der Waals surface area contributed by atoms with E-state index in [1.54, 1.807) is 11.3 Å². The first kappa shape index (κ1) is 14.7. The van der Waals surface area contributed by atoms with Crippen LogP contribution in [0.3, 0.4) is 0 Å². The first-order chi connectivity index (χ1) is 10.3. The molecule has 2 N–H and O–H groups in total. The molecule has 2 aromatic rings. The zero-order chi connectivity index (χ0) is 14.5. The van der Waals surface area contributed by atoms with Crippen LogP contribution >= 0.6 is 11.3 Å². The molecule has 0 saturated carbocycles. The lowest BCUT2D eigenvalue weighted by atomic mass is 9.93. The molecule has 0 aromatic carbocycles. The third kappa shape index (κ3) is 3.35. The molecule has 0 atom stereocenters. The second-order valence-corrected chi connectivity index (χ2v) is 6.13. The highest BCUT2D eigenvalue weighted by molar-refractivity contribution is 7.17. The average Bonchev–Trinajstić information content (AvgIpc) is 3.01. The Morgan fingerprint density at radius 3 is 3.05 bits per heavy atom. The van der Waals surface area contributed by atoms with Crippen LogP contribution < -0.4 is 5.32 Å². The van der Waals surface area contributed by atoms with Gasteiger partial charge in [0.1, 0.15) is 0 Å². The van der Waals surface area contributed by atoms with E-state index in [4.69, 9.17) is 14.6 Å². The van der Waals surface area contributed by atoms with Gasteiger partial charge in [0.15, 0.2) is 0 Å². The van der Waals surface area contributed by atoms with Crippen LogP contribution in [0.1, 0.15) is 12.8 Å². The molecular formula is C15H20N2O3S. The van der Waals surface area contributed by atoms with E-state index in [0.29, 0.717) is 26.4 Å². The largest absolute Gasteiger partial charge is 0.394 e. The maximum atomic E-state index is 9.03. The van der Waals surface area contributed by atoms with Gasteiger partial charge in [-0.1, -0.05) is 0 Å². The lowest BCUT2D eigenvalue weighted by Crippen LogP contribution is -2.45. The van der Waals surface area contributed by atoms with Crippen LogP contribution in [0, 0.1) is 0 Å². The number of rotatable bonds is 6. The van der Waals surface area contributed by atoms with Gasteiger partial charge in [-0.3, -0.25) is 4.98 Å². The molecule has 0 amide bonds. The van der Waals surface area contributed by atoms with Crippen LogP contribution in [0.15, 0.2) is 23.7 Å². The number of anilines is 1. The molecule has 0 radical (unpaired) electrons. The second kappa shape index (κ2) is 6.70. The summed E-state index contributed by atoms with van der Waals surface area (Å²) in [5.74, 6) is 0. The van der Waals surface area contributed by atoms with Crippen LogP contribution in [0.4, 0.5) is 5.69 Å². The van der Waals surface area contributed by atoms with Crippen molar-refractivity contribution in [2.45, 2.75) is 18.4 Å². The van der Waals surface area contributed by atoms with Gasteiger partial charge in [0, 0.05) is 38.8 Å². The third-order valence-electron chi connectivity index (χ3n) is 3.85. The summed E-state index contributed by atoms with van der Waals surface area (Å²) in [5.41, 5.74) is 1.85. The number of ether oxygens (including phenoxy) is 2. The van der Waals surface area contributed by atoms with E-state index in [-0.39, 0.29) is 12.2 Å². The van der Waals surface area contributed by atoms with Crippen molar-refractivity contribution in [1.82, 2.24) is 4.98 Å². The van der Waals surface area contributed by atoms with Gasteiger partial charge in [0.2, 0.25) is 0 Å². The summed E-state index contributed by atoms with van der Waals surface area (Å²) in [6.45, 7) is 2.54. The van der Waals surface area contributed by atoms with Crippen molar-refractivity contribution in [3.8, 4) is 0 Å². The Morgan fingerprint density at radius 1 is 1.38 bits per heavy atom. The minimum absolute atomic E-state index is 0.0486. The molecule has 1 fully saturated rings. The van der Waals surface area contributed by atoms with Crippen molar-refractivity contribution < 1.29 is 14.6 Å². The molecule has 0 spiro atoms. The van der Waals surface area contributed by atoms with Gasteiger partial charge in [-0.15, -0.1) is 11.3 Å². The van der Waals surface area contributed by atoms with Crippen LogP contribution in [-0.2, 0) is 9.47 Å². The lowest BCUT2D eigenvalue weighted by Gasteiger charge is -2.37. The summed E-state index contributed by atoms with van der Waals surface area (Å²) < 4.78 is 12.5. The summed E-state index contributed by atoms with van der Waals surface area (Å²) in [5, 5.41) is 14.6. The number of aliphatic hydroxyl groups is 1. The van der Waals surface area contributed by atoms with E-state index in [2.05, 4.69) is 15.7 Å². The molecular weight excluding hydrogens is 288 g/mol. The van der Waals surface area contributed by atoms with Crippen LogP contribution in [-0.4, -0.2) is 48.7 Å². The standard InChI is InChI=1S/C15H20N2O3S/c18-6-9-20-15(3-7-19-8-4-15)11-17-12-1-5-16-13-2-10-21-14(12)13/h1-2,5,10,18H,3-4,6-9,11H2,(H,16,17). The van der Waals surface area contributed by atoms with Gasteiger partial charge >= 0.3 is 0 Å². The van der Waals surface area contributed by atoms with E-state index in [0.717, 1.165) is 24.0 Å². The number of nitrogens with zero attached hydrogens (tertiary/aromatic N) is 1.